The average Bonchev–Trinajstić information content (AvgIpc) is 1.91. The van der Waals surface area contributed by atoms with Crippen molar-refractivity contribution in [1.29, 1.82) is 0 Å². The van der Waals surface area contributed by atoms with Crippen LogP contribution in [0.4, 0.5) is 4.79 Å². The van der Waals surface area contributed by atoms with Gasteiger partial charge in [0.25, 0.3) is 0 Å². The summed E-state index contributed by atoms with van der Waals surface area (Å²) in [5.41, 5.74) is 5.07. The fourth-order valence-corrected chi connectivity index (χ4v) is 1.52. The van der Waals surface area contributed by atoms with Crippen LogP contribution in [-0.2, 0) is 4.74 Å². The monoisotopic (exact) mass is 200 g/mol. The Morgan fingerprint density at radius 1 is 1.50 bits per heavy atom. The summed E-state index contributed by atoms with van der Waals surface area (Å²) in [7, 11) is 0. The minimum Gasteiger partial charge on any atom is -0.444 e. The second-order valence-electron chi connectivity index (χ2n) is 4.92. The Hall–Kier alpha value is -0.770. The van der Waals surface area contributed by atoms with Gasteiger partial charge in [0.15, 0.2) is 0 Å². The zero-order valence-electron chi connectivity index (χ0n) is 9.17. The lowest BCUT2D eigenvalue weighted by Crippen LogP contribution is -2.47. The SMILES string of the molecule is CC(C)(C)OC(=O)NC1CC(CN)C1. The van der Waals surface area contributed by atoms with Gasteiger partial charge in [-0.2, -0.15) is 0 Å². The summed E-state index contributed by atoms with van der Waals surface area (Å²) in [6.45, 7) is 6.29. The Bertz CT molecular complexity index is 205. The van der Waals surface area contributed by atoms with Gasteiger partial charge in [0.1, 0.15) is 5.60 Å². The van der Waals surface area contributed by atoms with Gasteiger partial charge in [-0.05, 0) is 46.1 Å². The van der Waals surface area contributed by atoms with E-state index in [1.54, 1.807) is 0 Å². The van der Waals surface area contributed by atoms with Gasteiger partial charge in [-0.3, -0.25) is 0 Å². The van der Waals surface area contributed by atoms with Crippen LogP contribution < -0.4 is 11.1 Å². The largest absolute Gasteiger partial charge is 0.444 e. The Balaban J connectivity index is 2.17. The van der Waals surface area contributed by atoms with E-state index in [-0.39, 0.29) is 12.1 Å². The van der Waals surface area contributed by atoms with Crippen molar-refractivity contribution >= 4 is 6.09 Å². The van der Waals surface area contributed by atoms with E-state index in [4.69, 9.17) is 10.5 Å². The van der Waals surface area contributed by atoms with Crippen LogP contribution in [0.3, 0.4) is 0 Å². The van der Waals surface area contributed by atoms with E-state index in [0.29, 0.717) is 12.5 Å². The molecule has 3 N–H and O–H groups in total. The van der Waals surface area contributed by atoms with E-state index in [0.717, 1.165) is 12.8 Å². The third-order valence-corrected chi connectivity index (χ3v) is 2.29. The van der Waals surface area contributed by atoms with Gasteiger partial charge in [-0.15, -0.1) is 0 Å². The summed E-state index contributed by atoms with van der Waals surface area (Å²) in [6, 6.07) is 0.262. The number of ether oxygens (including phenoxy) is 1. The molecule has 1 aliphatic rings. The van der Waals surface area contributed by atoms with Gasteiger partial charge in [-0.25, -0.2) is 4.79 Å². The molecule has 0 heterocycles. The molecule has 0 saturated heterocycles. The maximum atomic E-state index is 11.3. The summed E-state index contributed by atoms with van der Waals surface area (Å²) in [5, 5.41) is 2.82. The third-order valence-electron chi connectivity index (χ3n) is 2.29. The molecule has 1 rings (SSSR count). The number of carbonyl (C=O) groups is 1. The van der Waals surface area contributed by atoms with E-state index < -0.39 is 5.60 Å². The highest BCUT2D eigenvalue weighted by molar-refractivity contribution is 5.68. The summed E-state index contributed by atoms with van der Waals surface area (Å²) in [5.74, 6) is 0.579. The molecule has 14 heavy (non-hydrogen) atoms. The second kappa shape index (κ2) is 4.17. The number of amides is 1. The lowest BCUT2D eigenvalue weighted by Gasteiger charge is -2.35. The van der Waals surface area contributed by atoms with Crippen molar-refractivity contribution < 1.29 is 9.53 Å². The van der Waals surface area contributed by atoms with Crippen LogP contribution >= 0.6 is 0 Å². The molecule has 0 aromatic heterocycles. The summed E-state index contributed by atoms with van der Waals surface area (Å²) in [4.78, 5) is 11.3. The zero-order chi connectivity index (χ0) is 10.8. The van der Waals surface area contributed by atoms with E-state index in [1.807, 2.05) is 20.8 Å². The van der Waals surface area contributed by atoms with Gasteiger partial charge in [0, 0.05) is 6.04 Å². The summed E-state index contributed by atoms with van der Waals surface area (Å²) < 4.78 is 5.13. The molecular formula is C10H20N2O2. The molecule has 4 nitrogen and oxygen atoms in total. The molecule has 0 unspecified atom stereocenters. The molecule has 82 valence electrons. The normalized spacial score (nSPS) is 26.6. The summed E-state index contributed by atoms with van der Waals surface area (Å²) in [6.07, 6.45) is 1.64. The van der Waals surface area contributed by atoms with Crippen molar-refractivity contribution in [2.45, 2.75) is 45.3 Å². The highest BCUT2D eigenvalue weighted by Gasteiger charge is 2.30. The number of nitrogens with two attached hydrogens (primary N) is 1. The molecule has 1 fully saturated rings. The Kier molecular flexibility index (Phi) is 3.37. The quantitative estimate of drug-likeness (QED) is 0.705. The van der Waals surface area contributed by atoms with Crippen molar-refractivity contribution in [3.63, 3.8) is 0 Å². The molecule has 0 spiro atoms. The molecule has 0 aliphatic heterocycles. The van der Waals surface area contributed by atoms with E-state index in [9.17, 15) is 4.79 Å². The third kappa shape index (κ3) is 3.54. The van der Waals surface area contributed by atoms with Crippen LogP contribution in [-0.4, -0.2) is 24.3 Å². The van der Waals surface area contributed by atoms with Crippen LogP contribution in [0, 0.1) is 5.92 Å². The van der Waals surface area contributed by atoms with Crippen LogP contribution in [0.25, 0.3) is 0 Å². The predicted molar refractivity (Wildman–Crippen MR) is 54.9 cm³/mol. The fraction of sp³-hybridized carbons (Fsp3) is 0.900. The van der Waals surface area contributed by atoms with Gasteiger partial charge in [0.2, 0.25) is 0 Å². The molecule has 0 atom stereocenters. The molecule has 1 aliphatic carbocycles. The van der Waals surface area contributed by atoms with Crippen LogP contribution in [0.15, 0.2) is 0 Å². The minimum absolute atomic E-state index is 0.262. The van der Waals surface area contributed by atoms with Gasteiger partial charge in [0.05, 0.1) is 0 Å². The molecule has 1 amide bonds. The van der Waals surface area contributed by atoms with Crippen LogP contribution in [0.2, 0.25) is 0 Å². The lowest BCUT2D eigenvalue weighted by atomic mass is 9.80. The predicted octanol–water partition coefficient (Wildman–Crippen LogP) is 1.25. The van der Waals surface area contributed by atoms with Gasteiger partial charge >= 0.3 is 6.09 Å². The number of hydrogen-bond donors (Lipinski definition) is 2. The Morgan fingerprint density at radius 3 is 2.50 bits per heavy atom. The molecule has 0 radical (unpaired) electrons. The smallest absolute Gasteiger partial charge is 0.407 e. The van der Waals surface area contributed by atoms with Crippen molar-refractivity contribution in [2.75, 3.05) is 6.54 Å². The topological polar surface area (TPSA) is 64.3 Å². The number of carbonyl (C=O) groups excluding carboxylic acids is 1. The van der Waals surface area contributed by atoms with Crippen molar-refractivity contribution in [2.24, 2.45) is 11.7 Å². The standard InChI is InChI=1S/C10H20N2O2/c1-10(2,3)14-9(13)12-8-4-7(5-8)6-11/h7-8H,4-6,11H2,1-3H3,(H,12,13). The fourth-order valence-electron chi connectivity index (χ4n) is 1.52. The number of hydrogen-bond acceptors (Lipinski definition) is 3. The van der Waals surface area contributed by atoms with Crippen molar-refractivity contribution in [3.8, 4) is 0 Å². The number of rotatable bonds is 2. The van der Waals surface area contributed by atoms with Crippen molar-refractivity contribution in [3.05, 3.63) is 0 Å². The Labute approximate surface area is 85.2 Å². The first-order valence-electron chi connectivity index (χ1n) is 5.10. The van der Waals surface area contributed by atoms with Crippen molar-refractivity contribution in [1.82, 2.24) is 5.32 Å². The van der Waals surface area contributed by atoms with Gasteiger partial charge < -0.3 is 15.8 Å². The molecule has 1 saturated carbocycles. The van der Waals surface area contributed by atoms with E-state index in [2.05, 4.69) is 5.32 Å². The maximum absolute atomic E-state index is 11.3. The zero-order valence-corrected chi connectivity index (χ0v) is 9.17. The number of nitrogens with one attached hydrogen (secondary N) is 1. The molecule has 0 aromatic rings. The first-order chi connectivity index (χ1) is 6.40. The molecule has 4 heteroatoms. The minimum atomic E-state index is -0.416. The maximum Gasteiger partial charge on any atom is 0.407 e. The van der Waals surface area contributed by atoms with Crippen LogP contribution in [0.1, 0.15) is 33.6 Å². The first kappa shape index (κ1) is 11.3. The highest BCUT2D eigenvalue weighted by Crippen LogP contribution is 2.26. The average molecular weight is 200 g/mol. The first-order valence-corrected chi connectivity index (χ1v) is 5.10. The van der Waals surface area contributed by atoms with Gasteiger partial charge in [-0.1, -0.05) is 0 Å². The van der Waals surface area contributed by atoms with E-state index >= 15 is 0 Å². The summed E-state index contributed by atoms with van der Waals surface area (Å²) >= 11 is 0. The lowest BCUT2D eigenvalue weighted by molar-refractivity contribution is 0.0455. The highest BCUT2D eigenvalue weighted by atomic mass is 16.6. The molecular weight excluding hydrogens is 180 g/mol. The Morgan fingerprint density at radius 2 is 2.07 bits per heavy atom. The second-order valence-corrected chi connectivity index (χ2v) is 4.92. The molecule has 0 aromatic carbocycles. The number of alkyl carbamates (subject to hydrolysis) is 1. The molecule has 0 bridgehead atoms. The van der Waals surface area contributed by atoms with E-state index in [1.165, 1.54) is 0 Å². The van der Waals surface area contributed by atoms with Crippen LogP contribution in [0.5, 0.6) is 0 Å².